The van der Waals surface area contributed by atoms with Crippen molar-refractivity contribution in [3.63, 3.8) is 0 Å². The molecule has 0 aromatic heterocycles. The standard InChI is InChI=1S/C18H24BN3O4/c1-14(25-13-17(23)21-8-4-7-19)12-26-16-6-3-5-15(11-16)18(24)22-10-9-20-2/h3,5-6,11,14,20H,8-10,12-13H2,1-2H3,(H,21,23)(H,22,24). The van der Waals surface area contributed by atoms with Crippen molar-refractivity contribution in [2.45, 2.75) is 13.0 Å². The summed E-state index contributed by atoms with van der Waals surface area (Å²) < 4.78 is 11.0. The number of ether oxygens (including phenoxy) is 2. The summed E-state index contributed by atoms with van der Waals surface area (Å²) in [6.45, 7) is 3.38. The number of likely N-dealkylation sites (N-methyl/N-ethyl adjacent to an activating group) is 1. The molecule has 0 aliphatic carbocycles. The smallest absolute Gasteiger partial charge is 0.251 e. The van der Waals surface area contributed by atoms with Crippen molar-refractivity contribution in [1.29, 1.82) is 0 Å². The van der Waals surface area contributed by atoms with Gasteiger partial charge in [0.05, 0.1) is 12.6 Å². The van der Waals surface area contributed by atoms with Gasteiger partial charge < -0.3 is 25.4 Å². The summed E-state index contributed by atoms with van der Waals surface area (Å²) in [6.07, 6.45) is -0.297. The second-order valence-electron chi connectivity index (χ2n) is 5.42. The van der Waals surface area contributed by atoms with Gasteiger partial charge in [0, 0.05) is 18.7 Å². The van der Waals surface area contributed by atoms with Crippen LogP contribution in [0.25, 0.3) is 0 Å². The second-order valence-corrected chi connectivity index (χ2v) is 5.42. The SMILES string of the molecule is [B]C#CCNC(=O)COC(C)COc1cccc(C(=O)NCCNC)c1. The van der Waals surface area contributed by atoms with Crippen LogP contribution in [0.15, 0.2) is 24.3 Å². The van der Waals surface area contributed by atoms with Crippen molar-refractivity contribution in [2.24, 2.45) is 0 Å². The van der Waals surface area contributed by atoms with Crippen LogP contribution in [0.1, 0.15) is 17.3 Å². The summed E-state index contributed by atoms with van der Waals surface area (Å²) in [5.74, 6) is 4.84. The zero-order valence-electron chi connectivity index (χ0n) is 15.1. The predicted molar refractivity (Wildman–Crippen MR) is 100 cm³/mol. The van der Waals surface area contributed by atoms with Crippen molar-refractivity contribution in [3.8, 4) is 17.5 Å². The number of benzene rings is 1. The molecular formula is C18H24BN3O4. The lowest BCUT2D eigenvalue weighted by atomic mass is 10.2. The maximum Gasteiger partial charge on any atom is 0.251 e. The lowest BCUT2D eigenvalue weighted by molar-refractivity contribution is -0.127. The largest absolute Gasteiger partial charge is 0.491 e. The Kier molecular flexibility index (Phi) is 10.6. The summed E-state index contributed by atoms with van der Waals surface area (Å²) >= 11 is 0. The zero-order chi connectivity index (χ0) is 19.2. The number of hydrogen-bond acceptors (Lipinski definition) is 5. The molecule has 7 nitrogen and oxygen atoms in total. The zero-order valence-corrected chi connectivity index (χ0v) is 15.1. The molecule has 1 aromatic carbocycles. The number of nitrogens with one attached hydrogen (secondary N) is 3. The topological polar surface area (TPSA) is 88.7 Å². The van der Waals surface area contributed by atoms with Crippen LogP contribution in [-0.4, -0.2) is 65.7 Å². The second kappa shape index (κ2) is 12.8. The van der Waals surface area contributed by atoms with E-state index in [4.69, 9.17) is 17.3 Å². The molecule has 3 N–H and O–H groups in total. The van der Waals surface area contributed by atoms with Gasteiger partial charge in [0.25, 0.3) is 5.91 Å². The van der Waals surface area contributed by atoms with E-state index in [9.17, 15) is 9.59 Å². The molecule has 8 heteroatoms. The first-order chi connectivity index (χ1) is 12.6. The van der Waals surface area contributed by atoms with Crippen LogP contribution in [0.4, 0.5) is 0 Å². The Morgan fingerprint density at radius 2 is 2.08 bits per heavy atom. The van der Waals surface area contributed by atoms with Crippen molar-refractivity contribution in [3.05, 3.63) is 29.8 Å². The molecule has 1 aromatic rings. The normalized spacial score (nSPS) is 11.0. The maximum atomic E-state index is 12.0. The van der Waals surface area contributed by atoms with E-state index in [0.29, 0.717) is 24.4 Å². The summed E-state index contributed by atoms with van der Waals surface area (Å²) in [6, 6.07) is 6.89. The van der Waals surface area contributed by atoms with Crippen molar-refractivity contribution in [1.82, 2.24) is 16.0 Å². The molecule has 0 saturated carbocycles. The lowest BCUT2D eigenvalue weighted by Crippen LogP contribution is -2.31. The van der Waals surface area contributed by atoms with E-state index in [-0.39, 0.29) is 37.7 Å². The fourth-order valence-corrected chi connectivity index (χ4v) is 1.85. The Morgan fingerprint density at radius 1 is 1.27 bits per heavy atom. The minimum absolute atomic E-state index is 0.0926. The van der Waals surface area contributed by atoms with Gasteiger partial charge in [0.2, 0.25) is 5.91 Å². The molecule has 0 spiro atoms. The maximum absolute atomic E-state index is 12.0. The third-order valence-electron chi connectivity index (χ3n) is 3.22. The Balaban J connectivity index is 2.37. The highest BCUT2D eigenvalue weighted by molar-refractivity contribution is 6.22. The third kappa shape index (κ3) is 9.11. The number of amides is 2. The van der Waals surface area contributed by atoms with Crippen LogP contribution >= 0.6 is 0 Å². The van der Waals surface area contributed by atoms with Crippen LogP contribution in [0.3, 0.4) is 0 Å². The van der Waals surface area contributed by atoms with E-state index in [1.54, 1.807) is 31.2 Å². The Labute approximate surface area is 155 Å². The van der Waals surface area contributed by atoms with E-state index >= 15 is 0 Å². The van der Waals surface area contributed by atoms with Gasteiger partial charge in [-0.15, -0.1) is 0 Å². The molecule has 0 fully saturated rings. The quantitative estimate of drug-likeness (QED) is 0.287. The molecule has 0 saturated heterocycles. The molecule has 1 atom stereocenters. The van der Waals surface area contributed by atoms with Gasteiger partial charge in [0.15, 0.2) is 7.85 Å². The number of carbonyl (C=O) groups excluding carboxylic acids is 2. The lowest BCUT2D eigenvalue weighted by Gasteiger charge is -2.14. The minimum Gasteiger partial charge on any atom is -0.491 e. The first-order valence-corrected chi connectivity index (χ1v) is 8.29. The first-order valence-electron chi connectivity index (χ1n) is 8.29. The average Bonchev–Trinajstić information content (AvgIpc) is 2.65. The predicted octanol–water partition coefficient (Wildman–Crippen LogP) is -0.335. The highest BCUT2D eigenvalue weighted by Crippen LogP contribution is 2.14. The molecule has 1 rings (SSSR count). The minimum atomic E-state index is -0.297. The van der Waals surface area contributed by atoms with Gasteiger partial charge in [-0.3, -0.25) is 9.59 Å². The fraction of sp³-hybridized carbons (Fsp3) is 0.444. The van der Waals surface area contributed by atoms with E-state index in [2.05, 4.69) is 27.7 Å². The van der Waals surface area contributed by atoms with Gasteiger partial charge in [-0.25, -0.2) is 0 Å². The van der Waals surface area contributed by atoms with E-state index in [1.807, 2.05) is 7.05 Å². The molecule has 1 unspecified atom stereocenters. The summed E-state index contributed by atoms with van der Waals surface area (Å²) in [5.41, 5.74) is 0.521. The van der Waals surface area contributed by atoms with Gasteiger partial charge in [-0.05, 0) is 32.2 Å². The van der Waals surface area contributed by atoms with E-state index in [0.717, 1.165) is 0 Å². The highest BCUT2D eigenvalue weighted by Gasteiger charge is 2.09. The highest BCUT2D eigenvalue weighted by atomic mass is 16.5. The van der Waals surface area contributed by atoms with Gasteiger partial charge in [0.1, 0.15) is 19.0 Å². The summed E-state index contributed by atoms with van der Waals surface area (Å²) in [5, 5.41) is 8.31. The average molecular weight is 357 g/mol. The van der Waals surface area contributed by atoms with Crippen molar-refractivity contribution >= 4 is 19.7 Å². The van der Waals surface area contributed by atoms with Crippen LogP contribution in [0.5, 0.6) is 5.75 Å². The van der Waals surface area contributed by atoms with Crippen molar-refractivity contribution in [2.75, 3.05) is 39.9 Å². The Bertz CT molecular complexity index is 643. The molecule has 2 radical (unpaired) electrons. The molecule has 138 valence electrons. The fourth-order valence-electron chi connectivity index (χ4n) is 1.85. The van der Waals surface area contributed by atoms with E-state index in [1.165, 1.54) is 0 Å². The van der Waals surface area contributed by atoms with E-state index < -0.39 is 0 Å². The van der Waals surface area contributed by atoms with Crippen molar-refractivity contribution < 1.29 is 19.1 Å². The Morgan fingerprint density at radius 3 is 2.81 bits per heavy atom. The molecular weight excluding hydrogens is 333 g/mol. The van der Waals surface area contributed by atoms with Crippen LogP contribution in [-0.2, 0) is 9.53 Å². The summed E-state index contributed by atoms with van der Waals surface area (Å²) in [4.78, 5) is 23.5. The Hall–Kier alpha value is -2.50. The monoisotopic (exact) mass is 357 g/mol. The number of rotatable bonds is 11. The summed E-state index contributed by atoms with van der Waals surface area (Å²) in [7, 11) is 6.82. The van der Waals surface area contributed by atoms with Crippen LogP contribution in [0.2, 0.25) is 0 Å². The van der Waals surface area contributed by atoms with Crippen LogP contribution < -0.4 is 20.7 Å². The molecule has 0 bridgehead atoms. The molecule has 26 heavy (non-hydrogen) atoms. The van der Waals surface area contributed by atoms with Crippen LogP contribution in [0, 0.1) is 11.7 Å². The third-order valence-corrected chi connectivity index (χ3v) is 3.22. The van der Waals surface area contributed by atoms with Gasteiger partial charge >= 0.3 is 0 Å². The number of hydrogen-bond donors (Lipinski definition) is 3. The van der Waals surface area contributed by atoms with Gasteiger partial charge in [-0.1, -0.05) is 12.0 Å². The first kappa shape index (κ1) is 21.5. The molecule has 2 amide bonds. The molecule has 0 aliphatic heterocycles. The van der Waals surface area contributed by atoms with Gasteiger partial charge in [-0.2, -0.15) is 5.82 Å². The molecule has 0 aliphatic rings. The number of carbonyl (C=O) groups is 2. The molecule has 0 heterocycles.